The van der Waals surface area contributed by atoms with Crippen molar-refractivity contribution in [3.05, 3.63) is 35.4 Å². The minimum Gasteiger partial charge on any atom is -0.327 e. The monoisotopic (exact) mass is 233 g/mol. The van der Waals surface area contributed by atoms with Gasteiger partial charge in [0.05, 0.1) is 0 Å². The Bertz CT molecular complexity index is 319. The van der Waals surface area contributed by atoms with E-state index in [0.29, 0.717) is 12.0 Å². The second-order valence-corrected chi connectivity index (χ2v) is 5.11. The molecule has 0 saturated heterocycles. The van der Waals surface area contributed by atoms with Crippen LogP contribution in [-0.2, 0) is 6.42 Å². The average Bonchev–Trinajstić information content (AvgIpc) is 2.33. The number of benzene rings is 1. The summed E-state index contributed by atoms with van der Waals surface area (Å²) in [6.07, 6.45) is 6.08. The molecule has 0 aromatic heterocycles. The summed E-state index contributed by atoms with van der Waals surface area (Å²) in [6, 6.07) is 8.91. The van der Waals surface area contributed by atoms with Crippen molar-refractivity contribution in [2.45, 2.75) is 58.9 Å². The van der Waals surface area contributed by atoms with Gasteiger partial charge in [-0.3, -0.25) is 0 Å². The molecule has 1 aromatic rings. The quantitative estimate of drug-likeness (QED) is 0.754. The lowest BCUT2D eigenvalue weighted by atomic mass is 9.87. The van der Waals surface area contributed by atoms with Crippen molar-refractivity contribution in [3.63, 3.8) is 0 Å². The van der Waals surface area contributed by atoms with Crippen molar-refractivity contribution in [3.8, 4) is 0 Å². The van der Waals surface area contributed by atoms with Gasteiger partial charge in [-0.05, 0) is 36.8 Å². The van der Waals surface area contributed by atoms with Crippen LogP contribution in [0.3, 0.4) is 0 Å². The van der Waals surface area contributed by atoms with E-state index in [9.17, 15) is 0 Å². The van der Waals surface area contributed by atoms with Crippen molar-refractivity contribution in [2.24, 2.45) is 11.7 Å². The van der Waals surface area contributed by atoms with Gasteiger partial charge in [0.25, 0.3) is 0 Å². The van der Waals surface area contributed by atoms with Crippen molar-refractivity contribution >= 4 is 0 Å². The molecule has 0 saturated carbocycles. The highest BCUT2D eigenvalue weighted by atomic mass is 14.6. The van der Waals surface area contributed by atoms with Gasteiger partial charge in [-0.1, -0.05) is 57.4 Å². The van der Waals surface area contributed by atoms with Gasteiger partial charge in [-0.15, -0.1) is 0 Å². The predicted octanol–water partition coefficient (Wildman–Crippen LogP) is 4.08. The second kappa shape index (κ2) is 7.50. The summed E-state index contributed by atoms with van der Waals surface area (Å²) in [5, 5.41) is 0. The Balaban J connectivity index is 2.57. The summed E-state index contributed by atoms with van der Waals surface area (Å²) in [7, 11) is 0. The zero-order valence-corrected chi connectivity index (χ0v) is 11.6. The predicted molar refractivity (Wildman–Crippen MR) is 76.2 cm³/mol. The van der Waals surface area contributed by atoms with Gasteiger partial charge in [0, 0.05) is 6.04 Å². The maximum Gasteiger partial charge on any atom is 0.0108 e. The molecule has 0 aliphatic heterocycles. The summed E-state index contributed by atoms with van der Waals surface area (Å²) in [4.78, 5) is 0. The molecule has 0 bridgehead atoms. The minimum absolute atomic E-state index is 0.313. The molecule has 2 unspecified atom stereocenters. The number of hydrogen-bond acceptors (Lipinski definition) is 1. The third-order valence-electron chi connectivity index (χ3n) is 3.78. The average molecular weight is 233 g/mol. The Morgan fingerprint density at radius 3 is 2.47 bits per heavy atom. The largest absolute Gasteiger partial charge is 0.327 e. The SMILES string of the molecule is CCCCC(CC)C(N)Cc1ccccc1C. The number of unbranched alkanes of at least 4 members (excludes halogenated alkanes) is 1. The third kappa shape index (κ3) is 4.51. The summed E-state index contributed by atoms with van der Waals surface area (Å²) >= 11 is 0. The molecule has 1 aromatic carbocycles. The fourth-order valence-electron chi connectivity index (χ4n) is 2.45. The molecule has 0 fully saturated rings. The Kier molecular flexibility index (Phi) is 6.28. The lowest BCUT2D eigenvalue weighted by Gasteiger charge is -2.23. The maximum atomic E-state index is 6.37. The number of aryl methyl sites for hydroxylation is 1. The van der Waals surface area contributed by atoms with Crippen LogP contribution in [0.5, 0.6) is 0 Å². The van der Waals surface area contributed by atoms with Crippen molar-refractivity contribution in [1.82, 2.24) is 0 Å². The van der Waals surface area contributed by atoms with E-state index in [1.165, 1.54) is 36.8 Å². The molecule has 0 amide bonds. The maximum absolute atomic E-state index is 6.37. The van der Waals surface area contributed by atoms with E-state index in [-0.39, 0.29) is 0 Å². The molecular formula is C16H27N. The molecule has 2 atom stereocenters. The summed E-state index contributed by atoms with van der Waals surface area (Å²) in [5.41, 5.74) is 9.15. The summed E-state index contributed by atoms with van der Waals surface area (Å²) in [6.45, 7) is 6.69. The molecule has 2 N–H and O–H groups in total. The van der Waals surface area contributed by atoms with Crippen molar-refractivity contribution in [1.29, 1.82) is 0 Å². The lowest BCUT2D eigenvalue weighted by Crippen LogP contribution is -2.32. The molecule has 1 rings (SSSR count). The van der Waals surface area contributed by atoms with Gasteiger partial charge in [0.15, 0.2) is 0 Å². The third-order valence-corrected chi connectivity index (χ3v) is 3.78. The molecular weight excluding hydrogens is 206 g/mol. The minimum atomic E-state index is 0.313. The van der Waals surface area contributed by atoms with Crippen LogP contribution in [0.1, 0.15) is 50.7 Å². The molecule has 1 heteroatoms. The van der Waals surface area contributed by atoms with E-state index in [4.69, 9.17) is 5.73 Å². The Morgan fingerprint density at radius 1 is 1.18 bits per heavy atom. The smallest absolute Gasteiger partial charge is 0.0108 e. The first-order chi connectivity index (χ1) is 8.19. The van der Waals surface area contributed by atoms with Crippen LogP contribution in [0.25, 0.3) is 0 Å². The van der Waals surface area contributed by atoms with Crippen LogP contribution < -0.4 is 5.73 Å². The highest BCUT2D eigenvalue weighted by Gasteiger charge is 2.16. The molecule has 0 spiro atoms. The first kappa shape index (κ1) is 14.2. The van der Waals surface area contributed by atoms with Gasteiger partial charge in [0.2, 0.25) is 0 Å². The molecule has 0 aliphatic rings. The lowest BCUT2D eigenvalue weighted by molar-refractivity contribution is 0.368. The zero-order valence-electron chi connectivity index (χ0n) is 11.6. The van der Waals surface area contributed by atoms with Gasteiger partial charge < -0.3 is 5.73 Å². The first-order valence-electron chi connectivity index (χ1n) is 6.99. The van der Waals surface area contributed by atoms with E-state index < -0.39 is 0 Å². The van der Waals surface area contributed by atoms with E-state index >= 15 is 0 Å². The molecule has 1 nitrogen and oxygen atoms in total. The highest BCUT2D eigenvalue weighted by molar-refractivity contribution is 5.26. The van der Waals surface area contributed by atoms with Gasteiger partial charge in [0.1, 0.15) is 0 Å². The number of rotatable bonds is 7. The van der Waals surface area contributed by atoms with Gasteiger partial charge in [-0.25, -0.2) is 0 Å². The summed E-state index contributed by atoms with van der Waals surface area (Å²) < 4.78 is 0. The zero-order chi connectivity index (χ0) is 12.7. The van der Waals surface area contributed by atoms with Gasteiger partial charge >= 0.3 is 0 Å². The molecule has 0 heterocycles. The van der Waals surface area contributed by atoms with E-state index in [0.717, 1.165) is 6.42 Å². The Morgan fingerprint density at radius 2 is 1.88 bits per heavy atom. The first-order valence-corrected chi connectivity index (χ1v) is 6.99. The second-order valence-electron chi connectivity index (χ2n) is 5.11. The Labute approximate surface area is 106 Å². The molecule has 0 aliphatic carbocycles. The van der Waals surface area contributed by atoms with Crippen LogP contribution >= 0.6 is 0 Å². The molecule has 0 radical (unpaired) electrons. The van der Waals surface area contributed by atoms with Gasteiger partial charge in [-0.2, -0.15) is 0 Å². The normalized spacial score (nSPS) is 14.6. The van der Waals surface area contributed by atoms with Crippen molar-refractivity contribution in [2.75, 3.05) is 0 Å². The van der Waals surface area contributed by atoms with E-state index in [1.807, 2.05) is 0 Å². The van der Waals surface area contributed by atoms with Crippen LogP contribution in [-0.4, -0.2) is 6.04 Å². The topological polar surface area (TPSA) is 26.0 Å². The van der Waals surface area contributed by atoms with Crippen molar-refractivity contribution < 1.29 is 0 Å². The fraction of sp³-hybridized carbons (Fsp3) is 0.625. The molecule has 17 heavy (non-hydrogen) atoms. The number of hydrogen-bond donors (Lipinski definition) is 1. The molecule has 96 valence electrons. The van der Waals surface area contributed by atoms with Crippen LogP contribution in [0.4, 0.5) is 0 Å². The Hall–Kier alpha value is -0.820. The summed E-state index contributed by atoms with van der Waals surface area (Å²) in [5.74, 6) is 0.676. The van der Waals surface area contributed by atoms with E-state index in [1.54, 1.807) is 0 Å². The van der Waals surface area contributed by atoms with Crippen LogP contribution in [0.2, 0.25) is 0 Å². The standard InChI is InChI=1S/C16H27N/c1-4-6-10-14(5-2)16(17)12-15-11-8-7-9-13(15)3/h7-9,11,14,16H,4-6,10,12,17H2,1-3H3. The fourth-order valence-corrected chi connectivity index (χ4v) is 2.45. The van der Waals surface area contributed by atoms with E-state index in [2.05, 4.69) is 45.0 Å². The van der Waals surface area contributed by atoms with Crippen LogP contribution in [0, 0.1) is 12.8 Å². The number of nitrogens with two attached hydrogens (primary N) is 1. The van der Waals surface area contributed by atoms with Crippen LogP contribution in [0.15, 0.2) is 24.3 Å². The highest BCUT2D eigenvalue weighted by Crippen LogP contribution is 2.20.